The van der Waals surface area contributed by atoms with Gasteiger partial charge in [-0.1, -0.05) is 6.07 Å². The minimum atomic E-state index is 0.548. The zero-order chi connectivity index (χ0) is 7.68. The van der Waals surface area contributed by atoms with Crippen LogP contribution in [0.3, 0.4) is 0 Å². The molecule has 1 nitrogen and oxygen atoms in total. The zero-order valence-corrected chi connectivity index (χ0v) is 7.01. The molecule has 58 valence electrons. The van der Waals surface area contributed by atoms with Crippen molar-refractivity contribution in [2.24, 2.45) is 0 Å². The van der Waals surface area contributed by atoms with Crippen molar-refractivity contribution in [1.29, 1.82) is 0 Å². The maximum absolute atomic E-state index is 5.74. The number of aromatic nitrogens is 1. The first-order valence-corrected chi connectivity index (χ1v) is 4.45. The molecular weight excluding hydrogens is 158 g/mol. The summed E-state index contributed by atoms with van der Waals surface area (Å²) in [4.78, 5) is 4.23. The van der Waals surface area contributed by atoms with E-state index in [1.54, 1.807) is 0 Å². The van der Waals surface area contributed by atoms with Gasteiger partial charge in [-0.25, -0.2) is 0 Å². The average Bonchev–Trinajstić information content (AvgIpc) is 2.87. The molecule has 0 spiro atoms. The van der Waals surface area contributed by atoms with Crippen LogP contribution in [0.25, 0.3) is 0 Å². The second-order valence-electron chi connectivity index (χ2n) is 2.95. The minimum Gasteiger partial charge on any atom is -0.260 e. The molecule has 0 atom stereocenters. The van der Waals surface area contributed by atoms with Crippen LogP contribution in [0.15, 0.2) is 18.3 Å². The fourth-order valence-corrected chi connectivity index (χ4v) is 1.55. The molecule has 1 aromatic rings. The molecule has 1 aromatic heterocycles. The molecule has 0 N–H and O–H groups in total. The summed E-state index contributed by atoms with van der Waals surface area (Å²) in [6.07, 6.45) is 4.44. The molecule has 0 aliphatic heterocycles. The zero-order valence-electron chi connectivity index (χ0n) is 6.26. The lowest BCUT2D eigenvalue weighted by Crippen LogP contribution is -1.91. The van der Waals surface area contributed by atoms with Gasteiger partial charge in [-0.3, -0.25) is 4.98 Å². The van der Waals surface area contributed by atoms with Crippen LogP contribution in [0.5, 0.6) is 0 Å². The Balaban J connectivity index is 2.34. The molecule has 1 aliphatic carbocycles. The van der Waals surface area contributed by atoms with Gasteiger partial charge in [0.25, 0.3) is 0 Å². The van der Waals surface area contributed by atoms with E-state index in [1.165, 1.54) is 18.4 Å². The second-order valence-corrected chi connectivity index (χ2v) is 3.21. The van der Waals surface area contributed by atoms with E-state index in [1.807, 2.05) is 12.3 Å². The van der Waals surface area contributed by atoms with E-state index in [2.05, 4.69) is 11.1 Å². The fourth-order valence-electron chi connectivity index (χ4n) is 1.33. The predicted molar refractivity (Wildman–Crippen MR) is 45.8 cm³/mol. The van der Waals surface area contributed by atoms with Crippen molar-refractivity contribution in [2.75, 3.05) is 0 Å². The van der Waals surface area contributed by atoms with Gasteiger partial charge in [0.2, 0.25) is 0 Å². The number of pyridine rings is 1. The summed E-state index contributed by atoms with van der Waals surface area (Å²) in [6.45, 7) is 0. The first-order valence-electron chi connectivity index (χ1n) is 3.91. The summed E-state index contributed by atoms with van der Waals surface area (Å²) in [5.41, 5.74) is 2.43. The maximum Gasteiger partial charge on any atom is 0.0650 e. The quantitative estimate of drug-likeness (QED) is 0.618. The molecule has 1 fully saturated rings. The van der Waals surface area contributed by atoms with Crippen molar-refractivity contribution in [3.8, 4) is 0 Å². The van der Waals surface area contributed by atoms with E-state index in [0.29, 0.717) is 5.88 Å². The first-order chi connectivity index (χ1) is 5.42. The van der Waals surface area contributed by atoms with Crippen molar-refractivity contribution < 1.29 is 0 Å². The number of rotatable bonds is 2. The van der Waals surface area contributed by atoms with Gasteiger partial charge in [0.15, 0.2) is 0 Å². The van der Waals surface area contributed by atoms with Crippen molar-refractivity contribution in [3.63, 3.8) is 0 Å². The van der Waals surface area contributed by atoms with Crippen molar-refractivity contribution in [1.82, 2.24) is 4.98 Å². The summed E-state index contributed by atoms with van der Waals surface area (Å²) in [5.74, 6) is 1.31. The van der Waals surface area contributed by atoms with E-state index in [0.717, 1.165) is 11.6 Å². The Kier molecular flexibility index (Phi) is 1.82. The Hall–Kier alpha value is -0.560. The lowest BCUT2D eigenvalue weighted by molar-refractivity contribution is 1.02. The summed E-state index contributed by atoms with van der Waals surface area (Å²) in [6, 6.07) is 4.13. The van der Waals surface area contributed by atoms with Crippen molar-refractivity contribution in [2.45, 2.75) is 24.6 Å². The molecule has 0 unspecified atom stereocenters. The molecular formula is C9H10ClN. The third kappa shape index (κ3) is 1.38. The number of alkyl halides is 1. The van der Waals surface area contributed by atoms with E-state index < -0.39 is 0 Å². The molecule has 2 rings (SSSR count). The summed E-state index contributed by atoms with van der Waals surface area (Å²) in [7, 11) is 0. The van der Waals surface area contributed by atoms with Gasteiger partial charge in [0.05, 0.1) is 11.6 Å². The summed E-state index contributed by atoms with van der Waals surface area (Å²) in [5, 5.41) is 0. The number of hydrogen-bond acceptors (Lipinski definition) is 1. The molecule has 11 heavy (non-hydrogen) atoms. The topological polar surface area (TPSA) is 12.9 Å². The van der Waals surface area contributed by atoms with Crippen molar-refractivity contribution in [3.05, 3.63) is 29.6 Å². The molecule has 1 heterocycles. The van der Waals surface area contributed by atoms with Crippen LogP contribution in [-0.4, -0.2) is 4.98 Å². The van der Waals surface area contributed by atoms with Crippen LogP contribution < -0.4 is 0 Å². The van der Waals surface area contributed by atoms with E-state index in [4.69, 9.17) is 11.6 Å². The largest absolute Gasteiger partial charge is 0.260 e. The van der Waals surface area contributed by atoms with Gasteiger partial charge in [0.1, 0.15) is 0 Å². The number of nitrogens with zero attached hydrogens (tertiary/aromatic N) is 1. The molecule has 1 saturated carbocycles. The Morgan fingerprint density at radius 2 is 2.36 bits per heavy atom. The summed E-state index contributed by atoms with van der Waals surface area (Å²) >= 11 is 5.74. The smallest absolute Gasteiger partial charge is 0.0650 e. The van der Waals surface area contributed by atoms with Gasteiger partial charge in [-0.15, -0.1) is 11.6 Å². The normalized spacial score (nSPS) is 16.8. The molecule has 2 heteroatoms. The van der Waals surface area contributed by atoms with Crippen LogP contribution in [0.4, 0.5) is 0 Å². The Bertz CT molecular complexity index is 255. The lowest BCUT2D eigenvalue weighted by atomic mass is 10.1. The SMILES string of the molecule is ClCc1ncccc1C1CC1. The van der Waals surface area contributed by atoms with Crippen LogP contribution in [-0.2, 0) is 5.88 Å². The maximum atomic E-state index is 5.74. The van der Waals surface area contributed by atoms with Crippen molar-refractivity contribution >= 4 is 11.6 Å². The third-order valence-electron chi connectivity index (χ3n) is 2.07. The lowest BCUT2D eigenvalue weighted by Gasteiger charge is -2.01. The highest BCUT2D eigenvalue weighted by Crippen LogP contribution is 2.41. The standard InChI is InChI=1S/C9H10ClN/c10-6-9-8(7-3-4-7)2-1-5-11-9/h1-2,5,7H,3-4,6H2. The highest BCUT2D eigenvalue weighted by Gasteiger charge is 2.25. The van der Waals surface area contributed by atoms with Gasteiger partial charge in [0, 0.05) is 6.20 Å². The fraction of sp³-hybridized carbons (Fsp3) is 0.444. The molecule has 0 radical (unpaired) electrons. The van der Waals surface area contributed by atoms with Gasteiger partial charge < -0.3 is 0 Å². The highest BCUT2D eigenvalue weighted by atomic mass is 35.5. The highest BCUT2D eigenvalue weighted by molar-refractivity contribution is 6.17. The van der Waals surface area contributed by atoms with E-state index in [-0.39, 0.29) is 0 Å². The molecule has 0 bridgehead atoms. The van der Waals surface area contributed by atoms with Crippen LogP contribution >= 0.6 is 11.6 Å². The van der Waals surface area contributed by atoms with Gasteiger partial charge in [-0.2, -0.15) is 0 Å². The van der Waals surface area contributed by atoms with E-state index >= 15 is 0 Å². The third-order valence-corrected chi connectivity index (χ3v) is 2.32. The monoisotopic (exact) mass is 167 g/mol. The van der Waals surface area contributed by atoms with Crippen LogP contribution in [0, 0.1) is 0 Å². The number of hydrogen-bond donors (Lipinski definition) is 0. The van der Waals surface area contributed by atoms with Gasteiger partial charge >= 0.3 is 0 Å². The summed E-state index contributed by atoms with van der Waals surface area (Å²) < 4.78 is 0. The first kappa shape index (κ1) is 7.11. The Morgan fingerprint density at radius 3 is 3.00 bits per heavy atom. The molecule has 0 saturated heterocycles. The predicted octanol–water partition coefficient (Wildman–Crippen LogP) is 2.70. The Morgan fingerprint density at radius 1 is 1.55 bits per heavy atom. The Labute approximate surface area is 71.4 Å². The van der Waals surface area contributed by atoms with Gasteiger partial charge in [-0.05, 0) is 30.4 Å². The van der Waals surface area contributed by atoms with Crippen LogP contribution in [0.1, 0.15) is 30.0 Å². The van der Waals surface area contributed by atoms with E-state index in [9.17, 15) is 0 Å². The average molecular weight is 168 g/mol. The molecule has 0 aromatic carbocycles. The molecule has 0 amide bonds. The molecule has 1 aliphatic rings. The minimum absolute atomic E-state index is 0.548. The number of halogens is 1. The van der Waals surface area contributed by atoms with Crippen LogP contribution in [0.2, 0.25) is 0 Å². The second kappa shape index (κ2) is 2.82.